The Bertz CT molecular complexity index is 433. The molecule has 3 nitrogen and oxygen atoms in total. The average Bonchev–Trinajstić information content (AvgIpc) is 2.76. The van der Waals surface area contributed by atoms with Gasteiger partial charge in [0.05, 0.1) is 0 Å². The van der Waals surface area contributed by atoms with Crippen LogP contribution in [-0.2, 0) is 5.41 Å². The van der Waals surface area contributed by atoms with E-state index in [-0.39, 0.29) is 10.8 Å². The standard InChI is InChI=1S/C14H19ClN2O/c1-8(15)12-16-13(17-18-12)14-5-9-2-10(6-14)4-11(3-9)7-14/h8-11H,2-7H2,1H3. The first-order valence-corrected chi connectivity index (χ1v) is 7.56. The molecule has 0 aromatic carbocycles. The van der Waals surface area contributed by atoms with Crippen molar-refractivity contribution in [2.24, 2.45) is 17.8 Å². The molecule has 18 heavy (non-hydrogen) atoms. The van der Waals surface area contributed by atoms with E-state index in [0.29, 0.717) is 5.89 Å². The molecule has 4 bridgehead atoms. The van der Waals surface area contributed by atoms with E-state index in [4.69, 9.17) is 16.1 Å². The molecule has 1 aromatic heterocycles. The first kappa shape index (κ1) is 11.3. The fourth-order valence-corrected chi connectivity index (χ4v) is 5.09. The molecule has 4 aliphatic rings. The van der Waals surface area contributed by atoms with Gasteiger partial charge in [-0.15, -0.1) is 11.6 Å². The Hall–Kier alpha value is -0.570. The summed E-state index contributed by atoms with van der Waals surface area (Å²) in [5, 5.41) is 4.08. The lowest BCUT2D eigenvalue weighted by molar-refractivity contribution is -0.0103. The Balaban J connectivity index is 1.70. The van der Waals surface area contributed by atoms with Crippen molar-refractivity contribution in [1.29, 1.82) is 0 Å². The number of rotatable bonds is 2. The summed E-state index contributed by atoms with van der Waals surface area (Å²) < 4.78 is 5.32. The third kappa shape index (κ3) is 1.56. The minimum Gasteiger partial charge on any atom is -0.338 e. The van der Waals surface area contributed by atoms with Crippen LogP contribution in [0.2, 0.25) is 0 Å². The molecule has 4 saturated carbocycles. The smallest absolute Gasteiger partial charge is 0.244 e. The highest BCUT2D eigenvalue weighted by molar-refractivity contribution is 6.20. The number of halogens is 1. The van der Waals surface area contributed by atoms with Crippen molar-refractivity contribution < 1.29 is 4.52 Å². The fraction of sp³-hybridized carbons (Fsp3) is 0.857. The number of aromatic nitrogens is 2. The van der Waals surface area contributed by atoms with E-state index in [0.717, 1.165) is 23.6 Å². The van der Waals surface area contributed by atoms with Crippen molar-refractivity contribution in [3.63, 3.8) is 0 Å². The molecule has 5 rings (SSSR count). The predicted molar refractivity (Wildman–Crippen MR) is 68.4 cm³/mol. The predicted octanol–water partition coefficient (Wildman–Crippen LogP) is 3.84. The highest BCUT2D eigenvalue weighted by Gasteiger charge is 2.53. The van der Waals surface area contributed by atoms with Crippen molar-refractivity contribution >= 4 is 11.6 Å². The monoisotopic (exact) mass is 266 g/mol. The molecule has 4 fully saturated rings. The topological polar surface area (TPSA) is 38.9 Å². The van der Waals surface area contributed by atoms with Crippen LogP contribution < -0.4 is 0 Å². The van der Waals surface area contributed by atoms with Gasteiger partial charge in [0.2, 0.25) is 5.89 Å². The Morgan fingerprint density at radius 1 is 1.17 bits per heavy atom. The van der Waals surface area contributed by atoms with Gasteiger partial charge in [-0.2, -0.15) is 4.98 Å². The summed E-state index contributed by atoms with van der Waals surface area (Å²) in [5.41, 5.74) is 0.224. The molecular weight excluding hydrogens is 248 g/mol. The van der Waals surface area contributed by atoms with Crippen molar-refractivity contribution in [2.45, 2.75) is 56.2 Å². The van der Waals surface area contributed by atoms with Gasteiger partial charge in [-0.05, 0) is 63.2 Å². The maximum Gasteiger partial charge on any atom is 0.244 e. The zero-order valence-electron chi connectivity index (χ0n) is 10.7. The third-order valence-electron chi connectivity index (χ3n) is 5.29. The fourth-order valence-electron chi connectivity index (χ4n) is 5.00. The van der Waals surface area contributed by atoms with Gasteiger partial charge in [0, 0.05) is 5.41 Å². The molecule has 0 saturated heterocycles. The van der Waals surface area contributed by atoms with Crippen molar-refractivity contribution in [1.82, 2.24) is 10.1 Å². The van der Waals surface area contributed by atoms with E-state index in [2.05, 4.69) is 10.1 Å². The summed E-state index contributed by atoms with van der Waals surface area (Å²) in [4.78, 5) is 4.59. The van der Waals surface area contributed by atoms with Gasteiger partial charge in [0.25, 0.3) is 0 Å². The average molecular weight is 267 g/mol. The molecular formula is C14H19ClN2O. The normalized spacial score (nSPS) is 43.3. The summed E-state index contributed by atoms with van der Waals surface area (Å²) >= 11 is 6.03. The highest BCUT2D eigenvalue weighted by atomic mass is 35.5. The molecule has 0 amide bonds. The second-order valence-electron chi connectivity index (χ2n) is 6.77. The van der Waals surface area contributed by atoms with Crippen LogP contribution in [0.4, 0.5) is 0 Å². The summed E-state index contributed by atoms with van der Waals surface area (Å²) in [6.45, 7) is 1.89. The lowest BCUT2D eigenvalue weighted by Gasteiger charge is -2.55. The Morgan fingerprint density at radius 2 is 1.72 bits per heavy atom. The van der Waals surface area contributed by atoms with E-state index in [1.165, 1.54) is 38.5 Å². The highest BCUT2D eigenvalue weighted by Crippen LogP contribution is 2.60. The van der Waals surface area contributed by atoms with Crippen LogP contribution in [0.25, 0.3) is 0 Å². The van der Waals surface area contributed by atoms with Crippen LogP contribution in [0.1, 0.15) is 62.5 Å². The molecule has 0 spiro atoms. The molecule has 4 heteroatoms. The largest absolute Gasteiger partial charge is 0.338 e. The molecule has 1 heterocycles. The Morgan fingerprint density at radius 3 is 2.17 bits per heavy atom. The molecule has 0 N–H and O–H groups in total. The first-order valence-electron chi connectivity index (χ1n) is 7.13. The second-order valence-corrected chi connectivity index (χ2v) is 7.42. The minimum absolute atomic E-state index is 0.180. The zero-order valence-corrected chi connectivity index (χ0v) is 11.5. The van der Waals surface area contributed by atoms with Crippen LogP contribution in [0.3, 0.4) is 0 Å². The lowest BCUT2D eigenvalue weighted by Crippen LogP contribution is -2.49. The van der Waals surface area contributed by atoms with Crippen molar-refractivity contribution in [3.8, 4) is 0 Å². The van der Waals surface area contributed by atoms with Crippen molar-refractivity contribution in [3.05, 3.63) is 11.7 Å². The molecule has 98 valence electrons. The first-order chi connectivity index (χ1) is 8.64. The van der Waals surface area contributed by atoms with Crippen LogP contribution in [0, 0.1) is 17.8 Å². The maximum absolute atomic E-state index is 6.03. The lowest BCUT2D eigenvalue weighted by atomic mass is 9.49. The third-order valence-corrected chi connectivity index (χ3v) is 5.48. The van der Waals surface area contributed by atoms with E-state index in [1.807, 2.05) is 6.92 Å². The van der Waals surface area contributed by atoms with Gasteiger partial charge in [-0.25, -0.2) is 0 Å². The second kappa shape index (κ2) is 3.72. The molecule has 4 aliphatic carbocycles. The van der Waals surface area contributed by atoms with Crippen LogP contribution in [0.5, 0.6) is 0 Å². The number of hydrogen-bond acceptors (Lipinski definition) is 3. The van der Waals surface area contributed by atoms with Crippen molar-refractivity contribution in [2.75, 3.05) is 0 Å². The van der Waals surface area contributed by atoms with Crippen LogP contribution in [0.15, 0.2) is 4.52 Å². The molecule has 0 aliphatic heterocycles. The number of hydrogen-bond donors (Lipinski definition) is 0. The molecule has 0 radical (unpaired) electrons. The van der Waals surface area contributed by atoms with Gasteiger partial charge in [-0.3, -0.25) is 0 Å². The number of alkyl halides is 1. The summed E-state index contributed by atoms with van der Waals surface area (Å²) in [6.07, 6.45) is 8.14. The quantitative estimate of drug-likeness (QED) is 0.764. The van der Waals surface area contributed by atoms with Gasteiger partial charge in [0.15, 0.2) is 5.82 Å². The Labute approximate surface area is 112 Å². The van der Waals surface area contributed by atoms with E-state index >= 15 is 0 Å². The van der Waals surface area contributed by atoms with E-state index in [9.17, 15) is 0 Å². The molecule has 1 aromatic rings. The zero-order chi connectivity index (χ0) is 12.3. The Kier molecular flexibility index (Phi) is 2.33. The van der Waals surface area contributed by atoms with Gasteiger partial charge in [0.1, 0.15) is 5.38 Å². The molecule has 1 atom stereocenters. The SMILES string of the molecule is CC(Cl)c1nc(C23CC4CC(CC(C4)C2)C3)no1. The van der Waals surface area contributed by atoms with E-state index in [1.54, 1.807) is 0 Å². The van der Waals surface area contributed by atoms with Gasteiger partial charge >= 0.3 is 0 Å². The molecule has 1 unspecified atom stereocenters. The van der Waals surface area contributed by atoms with Crippen LogP contribution >= 0.6 is 11.6 Å². The maximum atomic E-state index is 6.03. The van der Waals surface area contributed by atoms with E-state index < -0.39 is 0 Å². The van der Waals surface area contributed by atoms with Gasteiger partial charge in [-0.1, -0.05) is 5.16 Å². The summed E-state index contributed by atoms with van der Waals surface area (Å²) in [5.74, 6) is 4.26. The summed E-state index contributed by atoms with van der Waals surface area (Å²) in [7, 11) is 0. The van der Waals surface area contributed by atoms with Gasteiger partial charge < -0.3 is 4.52 Å². The minimum atomic E-state index is -0.180. The number of nitrogens with zero attached hydrogens (tertiary/aromatic N) is 2. The van der Waals surface area contributed by atoms with Crippen LogP contribution in [-0.4, -0.2) is 10.1 Å². The summed E-state index contributed by atoms with van der Waals surface area (Å²) in [6, 6.07) is 0.